The van der Waals surface area contributed by atoms with Crippen LogP contribution in [0, 0.1) is 0 Å². The zero-order chi connectivity index (χ0) is 21.6. The van der Waals surface area contributed by atoms with E-state index < -0.39 is 10.0 Å². The van der Waals surface area contributed by atoms with Crippen LogP contribution in [0.2, 0.25) is 0 Å². The molecule has 0 aromatic heterocycles. The van der Waals surface area contributed by atoms with E-state index in [1.165, 1.54) is 19.2 Å². The summed E-state index contributed by atoms with van der Waals surface area (Å²) in [5.74, 6) is 0.362. The van der Waals surface area contributed by atoms with Gasteiger partial charge in [-0.1, -0.05) is 37.3 Å². The minimum Gasteiger partial charge on any atom is -0.497 e. The smallest absolute Gasteiger partial charge is 0.261 e. The molecule has 3 rings (SSSR count). The second-order valence-electron chi connectivity index (χ2n) is 6.70. The summed E-state index contributed by atoms with van der Waals surface area (Å²) in [4.78, 5) is 12.7. The summed E-state index contributed by atoms with van der Waals surface area (Å²) in [5, 5.41) is 3.01. The Labute approximate surface area is 177 Å². The van der Waals surface area contributed by atoms with Crippen molar-refractivity contribution in [3.63, 3.8) is 0 Å². The number of hydrogen-bond donors (Lipinski definition) is 2. The molecule has 2 N–H and O–H groups in total. The first-order chi connectivity index (χ1) is 14.4. The number of benzene rings is 3. The van der Waals surface area contributed by atoms with Crippen LogP contribution < -0.4 is 14.8 Å². The molecule has 7 heteroatoms. The van der Waals surface area contributed by atoms with Crippen LogP contribution in [0.5, 0.6) is 5.75 Å². The van der Waals surface area contributed by atoms with E-state index >= 15 is 0 Å². The molecule has 0 bridgehead atoms. The average Bonchev–Trinajstić information content (AvgIpc) is 2.78. The molecule has 3 aromatic carbocycles. The molecule has 0 unspecified atom stereocenters. The molecule has 3 aromatic rings. The van der Waals surface area contributed by atoms with Crippen LogP contribution in [0.25, 0.3) is 0 Å². The minimum atomic E-state index is -3.74. The third-order valence-electron chi connectivity index (χ3n) is 4.68. The number of carbonyl (C=O) groups excluding carboxylic acids is 1. The van der Waals surface area contributed by atoms with Gasteiger partial charge in [-0.3, -0.25) is 9.52 Å². The van der Waals surface area contributed by atoms with Gasteiger partial charge in [0, 0.05) is 11.3 Å². The Bertz CT molecular complexity index is 1080. The van der Waals surface area contributed by atoms with E-state index in [2.05, 4.69) is 10.0 Å². The summed E-state index contributed by atoms with van der Waals surface area (Å²) in [7, 11) is -2.22. The number of ether oxygens (including phenoxy) is 1. The quantitative estimate of drug-likeness (QED) is 0.562. The predicted molar refractivity (Wildman–Crippen MR) is 117 cm³/mol. The molecule has 0 aliphatic heterocycles. The van der Waals surface area contributed by atoms with Gasteiger partial charge in [0.25, 0.3) is 15.9 Å². The molecule has 1 atom stereocenters. The first-order valence-electron chi connectivity index (χ1n) is 9.55. The lowest BCUT2D eigenvalue weighted by atomic mass is 10.0. The number of sulfonamides is 1. The first-order valence-corrected chi connectivity index (χ1v) is 11.0. The lowest BCUT2D eigenvalue weighted by Crippen LogP contribution is -2.28. The van der Waals surface area contributed by atoms with E-state index in [0.717, 1.165) is 12.0 Å². The third-order valence-corrected chi connectivity index (χ3v) is 6.08. The Kier molecular flexibility index (Phi) is 6.74. The summed E-state index contributed by atoms with van der Waals surface area (Å²) in [6, 6.07) is 22.1. The largest absolute Gasteiger partial charge is 0.497 e. The third kappa shape index (κ3) is 5.18. The van der Waals surface area contributed by atoms with E-state index in [-0.39, 0.29) is 16.8 Å². The summed E-state index contributed by atoms with van der Waals surface area (Å²) in [5.41, 5.74) is 1.87. The van der Waals surface area contributed by atoms with Crippen LogP contribution in [-0.2, 0) is 10.0 Å². The molecule has 6 nitrogen and oxygen atoms in total. The number of methoxy groups -OCH3 is 1. The maximum atomic E-state index is 12.6. The molecule has 0 spiro atoms. The number of rotatable bonds is 8. The van der Waals surface area contributed by atoms with Crippen molar-refractivity contribution in [2.75, 3.05) is 11.8 Å². The van der Waals surface area contributed by atoms with Gasteiger partial charge in [0.2, 0.25) is 0 Å². The summed E-state index contributed by atoms with van der Waals surface area (Å²) in [6.45, 7) is 2.01. The molecule has 30 heavy (non-hydrogen) atoms. The molecule has 1 amide bonds. The lowest BCUT2D eigenvalue weighted by molar-refractivity contribution is 0.0935. The number of carbonyl (C=O) groups is 1. The average molecular weight is 425 g/mol. The van der Waals surface area contributed by atoms with Crippen LogP contribution in [0.3, 0.4) is 0 Å². The van der Waals surface area contributed by atoms with Crippen molar-refractivity contribution in [3.05, 3.63) is 90.0 Å². The molecule has 0 radical (unpaired) electrons. The molecule has 0 aliphatic carbocycles. The predicted octanol–water partition coefficient (Wildman–Crippen LogP) is 4.38. The van der Waals surface area contributed by atoms with Gasteiger partial charge < -0.3 is 10.1 Å². The van der Waals surface area contributed by atoms with Crippen molar-refractivity contribution in [3.8, 4) is 5.75 Å². The van der Waals surface area contributed by atoms with Crippen LogP contribution in [0.15, 0.2) is 83.8 Å². The molecule has 0 saturated carbocycles. The normalized spacial score (nSPS) is 12.1. The molecular weight excluding hydrogens is 400 g/mol. The minimum absolute atomic E-state index is 0.0908. The zero-order valence-corrected chi connectivity index (χ0v) is 17.6. The Morgan fingerprint density at radius 3 is 2.13 bits per heavy atom. The van der Waals surface area contributed by atoms with Gasteiger partial charge >= 0.3 is 0 Å². The molecular formula is C23H24N2O4S. The van der Waals surface area contributed by atoms with E-state index in [1.54, 1.807) is 36.4 Å². The SMILES string of the molecule is CC[C@@H](NC(=O)c1ccc(NS(=O)(=O)c2ccc(OC)cc2)cc1)c1ccccc1. The second-order valence-corrected chi connectivity index (χ2v) is 8.39. The van der Waals surface area contributed by atoms with Crippen LogP contribution in [0.1, 0.15) is 35.3 Å². The van der Waals surface area contributed by atoms with Crippen molar-refractivity contribution in [2.45, 2.75) is 24.3 Å². The monoisotopic (exact) mass is 424 g/mol. The fraction of sp³-hybridized carbons (Fsp3) is 0.174. The topological polar surface area (TPSA) is 84.5 Å². The van der Waals surface area contributed by atoms with Gasteiger partial charge in [0.05, 0.1) is 18.0 Å². The zero-order valence-electron chi connectivity index (χ0n) is 16.8. The van der Waals surface area contributed by atoms with Crippen molar-refractivity contribution in [1.82, 2.24) is 5.32 Å². The lowest BCUT2D eigenvalue weighted by Gasteiger charge is -2.17. The van der Waals surface area contributed by atoms with E-state index in [9.17, 15) is 13.2 Å². The van der Waals surface area contributed by atoms with Gasteiger partial charge in [0.1, 0.15) is 5.75 Å². The second kappa shape index (κ2) is 9.45. The van der Waals surface area contributed by atoms with Crippen molar-refractivity contribution in [2.24, 2.45) is 0 Å². The number of hydrogen-bond acceptors (Lipinski definition) is 4. The number of nitrogens with one attached hydrogen (secondary N) is 2. The maximum Gasteiger partial charge on any atom is 0.261 e. The maximum absolute atomic E-state index is 12.6. The van der Waals surface area contributed by atoms with Crippen molar-refractivity contribution >= 4 is 21.6 Å². The van der Waals surface area contributed by atoms with Crippen molar-refractivity contribution < 1.29 is 17.9 Å². The van der Waals surface area contributed by atoms with Gasteiger partial charge in [-0.15, -0.1) is 0 Å². The highest BCUT2D eigenvalue weighted by atomic mass is 32.2. The van der Waals surface area contributed by atoms with Gasteiger partial charge in [-0.25, -0.2) is 8.42 Å². The van der Waals surface area contributed by atoms with Gasteiger partial charge in [-0.05, 0) is 60.5 Å². The highest BCUT2D eigenvalue weighted by Gasteiger charge is 2.16. The van der Waals surface area contributed by atoms with E-state index in [4.69, 9.17) is 4.74 Å². The van der Waals surface area contributed by atoms with Crippen LogP contribution in [-0.4, -0.2) is 21.4 Å². The molecule has 0 heterocycles. The molecule has 0 fully saturated rings. The van der Waals surface area contributed by atoms with Gasteiger partial charge in [0.15, 0.2) is 0 Å². The fourth-order valence-corrected chi connectivity index (χ4v) is 4.07. The summed E-state index contributed by atoms with van der Waals surface area (Å²) >= 11 is 0. The van der Waals surface area contributed by atoms with Crippen LogP contribution >= 0.6 is 0 Å². The van der Waals surface area contributed by atoms with Crippen LogP contribution in [0.4, 0.5) is 5.69 Å². The standard InChI is InChI=1S/C23H24N2O4S/c1-3-22(17-7-5-4-6-8-17)24-23(26)18-9-11-19(12-10-18)25-30(27,28)21-15-13-20(29-2)14-16-21/h4-16,22,25H,3H2,1-2H3,(H,24,26)/t22-/m1/s1. The Balaban J connectivity index is 1.68. The Hall–Kier alpha value is -3.32. The Morgan fingerprint density at radius 1 is 0.933 bits per heavy atom. The fourth-order valence-electron chi connectivity index (χ4n) is 3.01. The van der Waals surface area contributed by atoms with E-state index in [1.807, 2.05) is 37.3 Å². The number of anilines is 1. The first kappa shape index (κ1) is 21.4. The Morgan fingerprint density at radius 2 is 1.57 bits per heavy atom. The summed E-state index contributed by atoms with van der Waals surface area (Å²) in [6.07, 6.45) is 0.759. The molecule has 0 saturated heterocycles. The highest BCUT2D eigenvalue weighted by molar-refractivity contribution is 7.92. The van der Waals surface area contributed by atoms with Gasteiger partial charge in [-0.2, -0.15) is 0 Å². The van der Waals surface area contributed by atoms with E-state index in [0.29, 0.717) is 17.0 Å². The number of amides is 1. The van der Waals surface area contributed by atoms with Crippen molar-refractivity contribution in [1.29, 1.82) is 0 Å². The molecule has 0 aliphatic rings. The molecule has 156 valence electrons. The summed E-state index contributed by atoms with van der Waals surface area (Å²) < 4.78 is 32.6. The highest BCUT2D eigenvalue weighted by Crippen LogP contribution is 2.20.